The third-order valence-corrected chi connectivity index (χ3v) is 3.40. The molecule has 0 aliphatic rings. The minimum absolute atomic E-state index is 0. The van der Waals surface area contributed by atoms with E-state index in [0.717, 1.165) is 5.56 Å². The Kier molecular flexibility index (Phi) is 21.7. The SMILES string of the molecule is C.Cc1ccccc1.O=C(O)/C=C/C(=O)O.O=C(O)CC(Cc1ccccc1)C(=O)O.O=C=O. The predicted octanol–water partition coefficient (Wildman–Crippen LogP) is 3.16. The van der Waals surface area contributed by atoms with Gasteiger partial charge in [0.15, 0.2) is 0 Å². The second-order valence-corrected chi connectivity index (χ2v) is 6.07. The molecule has 0 aliphatic carbocycles. The van der Waals surface area contributed by atoms with E-state index in [1.54, 1.807) is 24.3 Å². The Morgan fingerprint density at radius 1 is 0.794 bits per heavy atom. The molecule has 2 aromatic rings. The number of carbonyl (C=O) groups is 4. The maximum absolute atomic E-state index is 10.8. The highest BCUT2D eigenvalue weighted by atomic mass is 16.4. The topological polar surface area (TPSA) is 183 Å². The third-order valence-electron chi connectivity index (χ3n) is 3.40. The van der Waals surface area contributed by atoms with E-state index < -0.39 is 29.8 Å². The van der Waals surface area contributed by atoms with E-state index in [2.05, 4.69) is 19.1 Å². The number of rotatable bonds is 7. The number of carboxylic acid groups (broad SMARTS) is 4. The van der Waals surface area contributed by atoms with E-state index in [1.165, 1.54) is 5.56 Å². The van der Waals surface area contributed by atoms with Gasteiger partial charge in [-0.25, -0.2) is 9.59 Å². The van der Waals surface area contributed by atoms with Crippen molar-refractivity contribution < 1.29 is 49.2 Å². The lowest BCUT2D eigenvalue weighted by atomic mass is 9.96. The molecule has 0 saturated heterocycles. The largest absolute Gasteiger partial charge is 0.481 e. The van der Waals surface area contributed by atoms with Crippen LogP contribution in [-0.4, -0.2) is 50.5 Å². The van der Waals surface area contributed by atoms with Crippen LogP contribution in [0.4, 0.5) is 0 Å². The van der Waals surface area contributed by atoms with Gasteiger partial charge in [0.2, 0.25) is 0 Å². The van der Waals surface area contributed by atoms with Gasteiger partial charge in [-0.1, -0.05) is 73.7 Å². The average Bonchev–Trinajstić information content (AvgIpc) is 2.74. The van der Waals surface area contributed by atoms with Gasteiger partial charge in [-0.3, -0.25) is 9.59 Å². The van der Waals surface area contributed by atoms with Crippen LogP contribution in [-0.2, 0) is 35.2 Å². The molecule has 0 heterocycles. The molecule has 10 heteroatoms. The summed E-state index contributed by atoms with van der Waals surface area (Å²) < 4.78 is 0. The standard InChI is InChI=1S/C11H12O4.C7H8.C4H4O4.CO2.CH4/c12-10(13)7-9(11(14)15)6-8-4-2-1-3-5-8;1-7-5-3-2-4-6-7;5-3(6)1-2-4(7)8;2-1-3;/h1-5,9H,6-7H2,(H,12,13)(H,14,15);2-6H,1H3;1-2H,(H,5,6)(H,7,8);;1H4/b;;2-1+;;. The molecule has 0 radical (unpaired) electrons. The van der Waals surface area contributed by atoms with Crippen LogP contribution < -0.4 is 0 Å². The molecular weight excluding hydrogens is 448 g/mol. The van der Waals surface area contributed by atoms with E-state index in [9.17, 15) is 19.2 Å². The molecule has 34 heavy (non-hydrogen) atoms. The zero-order chi connectivity index (χ0) is 25.6. The fraction of sp³-hybridized carbons (Fsp3) is 0.208. The smallest absolute Gasteiger partial charge is 0.373 e. The van der Waals surface area contributed by atoms with Gasteiger partial charge in [0.05, 0.1) is 12.3 Å². The third kappa shape index (κ3) is 23.7. The first kappa shape index (κ1) is 34.1. The summed E-state index contributed by atoms with van der Waals surface area (Å²) in [7, 11) is 0. The van der Waals surface area contributed by atoms with Gasteiger partial charge in [0, 0.05) is 12.2 Å². The van der Waals surface area contributed by atoms with E-state index >= 15 is 0 Å². The Bertz CT molecular complexity index is 899. The summed E-state index contributed by atoms with van der Waals surface area (Å²) in [5, 5.41) is 33.0. The Morgan fingerprint density at radius 3 is 1.44 bits per heavy atom. The van der Waals surface area contributed by atoms with Gasteiger partial charge in [-0.15, -0.1) is 0 Å². The number of carboxylic acids is 4. The molecule has 0 aliphatic heterocycles. The summed E-state index contributed by atoms with van der Waals surface area (Å²) in [6.07, 6.45) is 1.28. The van der Waals surface area contributed by atoms with Crippen LogP contribution in [0.5, 0.6) is 0 Å². The molecule has 0 amide bonds. The molecular formula is C24H28O10. The zero-order valence-electron chi connectivity index (χ0n) is 17.7. The maximum atomic E-state index is 10.8. The Hall–Kier alpha value is -4.56. The van der Waals surface area contributed by atoms with Crippen LogP contribution in [0.2, 0.25) is 0 Å². The summed E-state index contributed by atoms with van der Waals surface area (Å²) >= 11 is 0. The van der Waals surface area contributed by atoms with Gasteiger partial charge in [0.1, 0.15) is 0 Å². The van der Waals surface area contributed by atoms with Gasteiger partial charge in [0.25, 0.3) is 0 Å². The van der Waals surface area contributed by atoms with Crippen LogP contribution in [0.15, 0.2) is 72.8 Å². The van der Waals surface area contributed by atoms with Crippen molar-refractivity contribution in [1.82, 2.24) is 0 Å². The van der Waals surface area contributed by atoms with Crippen molar-refractivity contribution in [2.24, 2.45) is 5.92 Å². The summed E-state index contributed by atoms with van der Waals surface area (Å²) in [6, 6.07) is 19.3. The molecule has 0 aromatic heterocycles. The normalized spacial score (nSPS) is 9.56. The number of benzene rings is 2. The molecule has 1 unspecified atom stereocenters. The molecule has 2 aromatic carbocycles. The first-order valence-corrected chi connectivity index (χ1v) is 9.16. The van der Waals surface area contributed by atoms with Crippen molar-refractivity contribution in [1.29, 1.82) is 0 Å². The van der Waals surface area contributed by atoms with Crippen molar-refractivity contribution >= 4 is 30.0 Å². The lowest BCUT2D eigenvalue weighted by Gasteiger charge is -2.09. The van der Waals surface area contributed by atoms with Crippen LogP contribution in [0.3, 0.4) is 0 Å². The second-order valence-electron chi connectivity index (χ2n) is 6.07. The summed E-state index contributed by atoms with van der Waals surface area (Å²) in [5.74, 6) is -5.52. The highest BCUT2D eigenvalue weighted by Gasteiger charge is 2.21. The van der Waals surface area contributed by atoms with Crippen LogP contribution in [0.1, 0.15) is 25.0 Å². The van der Waals surface area contributed by atoms with Gasteiger partial charge in [-0.2, -0.15) is 9.59 Å². The minimum atomic E-state index is -1.26. The maximum Gasteiger partial charge on any atom is 0.373 e. The quantitative estimate of drug-likeness (QED) is 0.433. The number of hydrogen-bond donors (Lipinski definition) is 4. The second kappa shape index (κ2) is 21.7. The highest BCUT2D eigenvalue weighted by Crippen LogP contribution is 2.12. The van der Waals surface area contributed by atoms with E-state index in [4.69, 9.17) is 30.0 Å². The first-order chi connectivity index (χ1) is 15.5. The Morgan fingerprint density at radius 2 is 1.18 bits per heavy atom. The van der Waals surface area contributed by atoms with E-state index in [0.29, 0.717) is 12.2 Å². The molecule has 0 spiro atoms. The lowest BCUT2D eigenvalue weighted by molar-refractivity contribution is -0.191. The zero-order valence-corrected chi connectivity index (χ0v) is 17.7. The van der Waals surface area contributed by atoms with Crippen molar-refractivity contribution in [2.75, 3.05) is 0 Å². The number of aliphatic carboxylic acids is 4. The van der Waals surface area contributed by atoms with E-state index in [-0.39, 0.29) is 26.4 Å². The fourth-order valence-corrected chi connectivity index (χ4v) is 2.03. The molecule has 4 N–H and O–H groups in total. The predicted molar refractivity (Wildman–Crippen MR) is 121 cm³/mol. The van der Waals surface area contributed by atoms with Crippen molar-refractivity contribution in [3.63, 3.8) is 0 Å². The van der Waals surface area contributed by atoms with Gasteiger partial charge < -0.3 is 20.4 Å². The number of aryl methyl sites for hydroxylation is 1. The average molecular weight is 476 g/mol. The Balaban J connectivity index is -0.000000429. The van der Waals surface area contributed by atoms with Crippen LogP contribution >= 0.6 is 0 Å². The van der Waals surface area contributed by atoms with Gasteiger partial charge >= 0.3 is 30.0 Å². The summed E-state index contributed by atoms with van der Waals surface area (Å²) in [6.45, 7) is 2.08. The highest BCUT2D eigenvalue weighted by molar-refractivity contribution is 5.89. The molecule has 0 bridgehead atoms. The van der Waals surface area contributed by atoms with Crippen LogP contribution in [0, 0.1) is 12.8 Å². The molecule has 1 atom stereocenters. The monoisotopic (exact) mass is 476 g/mol. The van der Waals surface area contributed by atoms with Crippen molar-refractivity contribution in [3.8, 4) is 0 Å². The fourth-order valence-electron chi connectivity index (χ4n) is 2.03. The lowest BCUT2D eigenvalue weighted by Crippen LogP contribution is -2.20. The minimum Gasteiger partial charge on any atom is -0.481 e. The number of hydrogen-bond acceptors (Lipinski definition) is 6. The first-order valence-electron chi connectivity index (χ1n) is 9.16. The Labute approximate surface area is 196 Å². The molecule has 10 nitrogen and oxygen atoms in total. The van der Waals surface area contributed by atoms with E-state index in [1.807, 2.05) is 24.3 Å². The van der Waals surface area contributed by atoms with Crippen molar-refractivity contribution in [2.45, 2.75) is 27.2 Å². The summed E-state index contributed by atoms with van der Waals surface area (Å²) in [4.78, 5) is 56.6. The molecule has 0 saturated carbocycles. The summed E-state index contributed by atoms with van der Waals surface area (Å²) in [5.41, 5.74) is 2.16. The molecule has 2 rings (SSSR count). The molecule has 184 valence electrons. The molecule has 0 fully saturated rings. The number of carbonyl (C=O) groups excluding carboxylic acids is 2. The van der Waals surface area contributed by atoms with Gasteiger partial charge in [-0.05, 0) is 18.9 Å². The van der Waals surface area contributed by atoms with Crippen LogP contribution in [0.25, 0.3) is 0 Å². The van der Waals surface area contributed by atoms with Crippen molar-refractivity contribution in [3.05, 3.63) is 83.9 Å².